The first kappa shape index (κ1) is 15.8. The van der Waals surface area contributed by atoms with Gasteiger partial charge in [-0.2, -0.15) is 0 Å². The van der Waals surface area contributed by atoms with E-state index in [1.807, 2.05) is 31.2 Å². The highest BCUT2D eigenvalue weighted by molar-refractivity contribution is 5.77. The topological polar surface area (TPSA) is 64.3 Å². The van der Waals surface area contributed by atoms with E-state index in [-0.39, 0.29) is 18.6 Å². The number of rotatable bonds is 5. The zero-order valence-electron chi connectivity index (χ0n) is 12.8. The van der Waals surface area contributed by atoms with Crippen molar-refractivity contribution in [3.8, 4) is 5.75 Å². The minimum absolute atomic E-state index is 0.0339. The van der Waals surface area contributed by atoms with Crippen LogP contribution in [-0.2, 0) is 4.79 Å². The third-order valence-electron chi connectivity index (χ3n) is 3.97. The van der Waals surface area contributed by atoms with Gasteiger partial charge in [0.15, 0.2) is 6.61 Å². The molecule has 1 aromatic carbocycles. The molecular formula is C17H26N2O2. The van der Waals surface area contributed by atoms with E-state index in [4.69, 9.17) is 10.5 Å². The first-order valence-corrected chi connectivity index (χ1v) is 7.93. The first-order chi connectivity index (χ1) is 10.1. The van der Waals surface area contributed by atoms with Crippen LogP contribution in [0.2, 0.25) is 0 Å². The highest BCUT2D eigenvalue weighted by Gasteiger charge is 2.14. The number of carbonyl (C=O) groups excluding carboxylic acids is 1. The standard InChI is InChI=1S/C17H26N2O2/c1-13(18)14-7-6-10-16(11-14)21-12-17(20)19-15-8-4-2-3-5-9-15/h6-7,10-11,13,15H,2-5,8-9,12,18H2,1H3,(H,19,20)/t13-/m1/s1. The van der Waals surface area contributed by atoms with Crippen LogP contribution in [0.1, 0.15) is 57.1 Å². The number of amides is 1. The Kier molecular flexibility index (Phi) is 6.05. The lowest BCUT2D eigenvalue weighted by Gasteiger charge is -2.16. The van der Waals surface area contributed by atoms with E-state index < -0.39 is 0 Å². The van der Waals surface area contributed by atoms with Crippen molar-refractivity contribution in [1.29, 1.82) is 0 Å². The summed E-state index contributed by atoms with van der Waals surface area (Å²) in [6.45, 7) is 2.00. The van der Waals surface area contributed by atoms with Gasteiger partial charge in [-0.25, -0.2) is 0 Å². The average molecular weight is 290 g/mol. The summed E-state index contributed by atoms with van der Waals surface area (Å²) in [7, 11) is 0. The Morgan fingerprint density at radius 2 is 2.05 bits per heavy atom. The maximum Gasteiger partial charge on any atom is 0.258 e. The molecule has 21 heavy (non-hydrogen) atoms. The van der Waals surface area contributed by atoms with Gasteiger partial charge in [-0.1, -0.05) is 37.8 Å². The summed E-state index contributed by atoms with van der Waals surface area (Å²) in [5.74, 6) is 0.661. The second-order valence-corrected chi connectivity index (χ2v) is 5.91. The number of nitrogens with one attached hydrogen (secondary N) is 1. The van der Waals surface area contributed by atoms with Crippen LogP contribution in [0.4, 0.5) is 0 Å². The molecule has 1 aliphatic rings. The van der Waals surface area contributed by atoms with E-state index >= 15 is 0 Å². The molecule has 0 radical (unpaired) electrons. The Bertz CT molecular complexity index is 452. The van der Waals surface area contributed by atoms with E-state index in [1.54, 1.807) is 0 Å². The lowest BCUT2D eigenvalue weighted by molar-refractivity contribution is -0.123. The quantitative estimate of drug-likeness (QED) is 0.820. The molecule has 0 spiro atoms. The fourth-order valence-corrected chi connectivity index (χ4v) is 2.73. The van der Waals surface area contributed by atoms with Crippen molar-refractivity contribution in [1.82, 2.24) is 5.32 Å². The zero-order valence-corrected chi connectivity index (χ0v) is 12.8. The Morgan fingerprint density at radius 1 is 1.33 bits per heavy atom. The first-order valence-electron chi connectivity index (χ1n) is 7.93. The van der Waals surface area contributed by atoms with Crippen LogP contribution >= 0.6 is 0 Å². The maximum absolute atomic E-state index is 12.0. The Morgan fingerprint density at radius 3 is 2.71 bits per heavy atom. The highest BCUT2D eigenvalue weighted by atomic mass is 16.5. The maximum atomic E-state index is 12.0. The highest BCUT2D eigenvalue weighted by Crippen LogP contribution is 2.18. The van der Waals surface area contributed by atoms with Crippen molar-refractivity contribution in [3.05, 3.63) is 29.8 Å². The Labute approximate surface area is 127 Å². The van der Waals surface area contributed by atoms with Crippen LogP contribution in [0.15, 0.2) is 24.3 Å². The molecule has 1 atom stereocenters. The van der Waals surface area contributed by atoms with Crippen LogP contribution in [0.5, 0.6) is 5.75 Å². The number of carbonyl (C=O) groups is 1. The van der Waals surface area contributed by atoms with Gasteiger partial charge in [0.1, 0.15) is 5.75 Å². The lowest BCUT2D eigenvalue weighted by atomic mass is 10.1. The van der Waals surface area contributed by atoms with Crippen LogP contribution in [0, 0.1) is 0 Å². The molecule has 116 valence electrons. The van der Waals surface area contributed by atoms with Gasteiger partial charge < -0.3 is 15.8 Å². The minimum Gasteiger partial charge on any atom is -0.484 e. The predicted octanol–water partition coefficient (Wildman–Crippen LogP) is 2.92. The van der Waals surface area contributed by atoms with E-state index in [2.05, 4.69) is 5.32 Å². The molecule has 1 fully saturated rings. The van der Waals surface area contributed by atoms with E-state index in [1.165, 1.54) is 25.7 Å². The third-order valence-corrected chi connectivity index (χ3v) is 3.97. The largest absolute Gasteiger partial charge is 0.484 e. The van der Waals surface area contributed by atoms with Gasteiger partial charge in [0.05, 0.1) is 0 Å². The van der Waals surface area contributed by atoms with E-state index in [0.717, 1.165) is 18.4 Å². The monoisotopic (exact) mass is 290 g/mol. The van der Waals surface area contributed by atoms with Crippen molar-refractivity contribution in [3.63, 3.8) is 0 Å². The van der Waals surface area contributed by atoms with Crippen molar-refractivity contribution in [2.45, 2.75) is 57.5 Å². The van der Waals surface area contributed by atoms with Gasteiger partial charge in [0, 0.05) is 12.1 Å². The van der Waals surface area contributed by atoms with Crippen molar-refractivity contribution in [2.75, 3.05) is 6.61 Å². The second-order valence-electron chi connectivity index (χ2n) is 5.91. The van der Waals surface area contributed by atoms with Gasteiger partial charge in [-0.05, 0) is 37.5 Å². The fourth-order valence-electron chi connectivity index (χ4n) is 2.73. The molecule has 1 saturated carbocycles. The van der Waals surface area contributed by atoms with E-state index in [9.17, 15) is 4.79 Å². The van der Waals surface area contributed by atoms with Crippen molar-refractivity contribution in [2.24, 2.45) is 5.73 Å². The molecule has 1 amide bonds. The lowest BCUT2D eigenvalue weighted by Crippen LogP contribution is -2.37. The van der Waals surface area contributed by atoms with Gasteiger partial charge in [-0.3, -0.25) is 4.79 Å². The molecule has 4 heteroatoms. The van der Waals surface area contributed by atoms with Crippen LogP contribution in [-0.4, -0.2) is 18.6 Å². The summed E-state index contributed by atoms with van der Waals surface area (Å²) in [6.07, 6.45) is 7.17. The summed E-state index contributed by atoms with van der Waals surface area (Å²) in [6, 6.07) is 7.89. The predicted molar refractivity (Wildman–Crippen MR) is 84.2 cm³/mol. The van der Waals surface area contributed by atoms with Crippen molar-refractivity contribution < 1.29 is 9.53 Å². The molecule has 1 aromatic rings. The Balaban J connectivity index is 1.79. The molecule has 0 heterocycles. The molecule has 0 saturated heterocycles. The summed E-state index contributed by atoms with van der Waals surface area (Å²) in [5, 5.41) is 3.08. The molecule has 1 aliphatic carbocycles. The van der Waals surface area contributed by atoms with Crippen LogP contribution in [0.25, 0.3) is 0 Å². The third kappa shape index (κ3) is 5.38. The average Bonchev–Trinajstić information content (AvgIpc) is 2.74. The Hall–Kier alpha value is -1.55. The summed E-state index contributed by atoms with van der Waals surface area (Å²) in [4.78, 5) is 12.0. The van der Waals surface area contributed by atoms with Crippen molar-refractivity contribution >= 4 is 5.91 Å². The zero-order chi connectivity index (χ0) is 15.1. The molecular weight excluding hydrogens is 264 g/mol. The summed E-state index contributed by atoms with van der Waals surface area (Å²) < 4.78 is 5.56. The smallest absolute Gasteiger partial charge is 0.258 e. The summed E-state index contributed by atoms with van der Waals surface area (Å²) in [5.41, 5.74) is 6.85. The van der Waals surface area contributed by atoms with Gasteiger partial charge in [-0.15, -0.1) is 0 Å². The number of nitrogens with two attached hydrogens (primary N) is 1. The molecule has 4 nitrogen and oxygen atoms in total. The molecule has 0 unspecified atom stereocenters. The number of hydrogen-bond acceptors (Lipinski definition) is 3. The van der Waals surface area contributed by atoms with Crippen LogP contribution in [0.3, 0.4) is 0 Å². The molecule has 0 aliphatic heterocycles. The second kappa shape index (κ2) is 8.03. The molecule has 0 aromatic heterocycles. The van der Waals surface area contributed by atoms with Gasteiger partial charge in [0.2, 0.25) is 0 Å². The number of benzene rings is 1. The minimum atomic E-state index is -0.0342. The van der Waals surface area contributed by atoms with Gasteiger partial charge >= 0.3 is 0 Å². The number of ether oxygens (including phenoxy) is 1. The van der Waals surface area contributed by atoms with E-state index in [0.29, 0.717) is 11.8 Å². The molecule has 2 rings (SSSR count). The SMILES string of the molecule is C[C@@H](N)c1cccc(OCC(=O)NC2CCCCCC2)c1. The normalized spacial score (nSPS) is 17.8. The molecule has 0 bridgehead atoms. The summed E-state index contributed by atoms with van der Waals surface area (Å²) >= 11 is 0. The molecule has 3 N–H and O–H groups in total. The number of hydrogen-bond donors (Lipinski definition) is 2. The van der Waals surface area contributed by atoms with Crippen LogP contribution < -0.4 is 15.8 Å². The van der Waals surface area contributed by atoms with Gasteiger partial charge in [0.25, 0.3) is 5.91 Å². The fraction of sp³-hybridized carbons (Fsp3) is 0.588.